The lowest BCUT2D eigenvalue weighted by Gasteiger charge is -2.18. The van der Waals surface area contributed by atoms with Crippen LogP contribution in [-0.4, -0.2) is 20.0 Å². The fraction of sp³-hybridized carbons (Fsp3) is 0.300. The summed E-state index contributed by atoms with van der Waals surface area (Å²) in [5.74, 6) is 0.126. The predicted octanol–water partition coefficient (Wildman–Crippen LogP) is 4.44. The van der Waals surface area contributed by atoms with Gasteiger partial charge in [0.05, 0.1) is 10.6 Å². The van der Waals surface area contributed by atoms with Crippen LogP contribution < -0.4 is 10.1 Å². The highest BCUT2D eigenvalue weighted by molar-refractivity contribution is 7.92. The summed E-state index contributed by atoms with van der Waals surface area (Å²) in [4.78, 5) is 12.4. The van der Waals surface area contributed by atoms with Gasteiger partial charge < -0.3 is 0 Å². The minimum absolute atomic E-state index is 0.0148. The Hall–Kier alpha value is -2.38. The van der Waals surface area contributed by atoms with E-state index >= 15 is 0 Å². The zero-order chi connectivity index (χ0) is 20.1. The minimum Gasteiger partial charge on any atom is -0.280 e. The van der Waals surface area contributed by atoms with E-state index in [1.807, 2.05) is 0 Å². The number of amides is 1. The highest BCUT2D eigenvalue weighted by Gasteiger charge is 2.18. The van der Waals surface area contributed by atoms with E-state index in [1.165, 1.54) is 30.7 Å². The average molecular weight is 420 g/mol. The molecule has 0 saturated heterocycles. The van der Waals surface area contributed by atoms with Gasteiger partial charge in [-0.05, 0) is 68.0 Å². The Bertz CT molecular complexity index is 1010. The maximum atomic E-state index is 12.6. The molecule has 0 bridgehead atoms. The lowest BCUT2D eigenvalue weighted by molar-refractivity contribution is 0.0954. The van der Waals surface area contributed by atoms with Gasteiger partial charge in [-0.2, -0.15) is 5.10 Å². The Morgan fingerprint density at radius 2 is 1.96 bits per heavy atom. The summed E-state index contributed by atoms with van der Waals surface area (Å²) in [7, 11) is -3.85. The molecule has 0 heterocycles. The summed E-state index contributed by atoms with van der Waals surface area (Å²) in [6.45, 7) is 2.16. The third-order valence-electron chi connectivity index (χ3n) is 4.55. The largest absolute Gasteiger partial charge is 0.280 e. The van der Waals surface area contributed by atoms with Gasteiger partial charge in [-0.1, -0.05) is 30.7 Å². The van der Waals surface area contributed by atoms with Crippen molar-refractivity contribution in [2.75, 3.05) is 4.72 Å². The number of halogens is 1. The molecule has 0 radical (unpaired) electrons. The number of anilines is 1. The Kier molecular flexibility index (Phi) is 6.36. The first-order valence-corrected chi connectivity index (χ1v) is 10.9. The molecule has 0 spiro atoms. The number of nitrogens with one attached hydrogen (secondary N) is 2. The summed E-state index contributed by atoms with van der Waals surface area (Å²) < 4.78 is 27.7. The Morgan fingerprint density at radius 3 is 2.71 bits per heavy atom. The van der Waals surface area contributed by atoms with E-state index in [-0.39, 0.29) is 10.5 Å². The molecule has 1 aliphatic carbocycles. The summed E-state index contributed by atoms with van der Waals surface area (Å²) >= 11 is 5.89. The number of nitrogens with zero attached hydrogens (tertiary/aromatic N) is 1. The first kappa shape index (κ1) is 20.4. The maximum absolute atomic E-state index is 12.6. The van der Waals surface area contributed by atoms with Crippen LogP contribution in [0.25, 0.3) is 0 Å². The molecule has 1 saturated carbocycles. The van der Waals surface area contributed by atoms with Crippen LogP contribution in [0.3, 0.4) is 0 Å². The molecule has 6 nitrogen and oxygen atoms in total. The van der Waals surface area contributed by atoms with Crippen molar-refractivity contribution in [1.29, 1.82) is 0 Å². The van der Waals surface area contributed by atoms with Crippen molar-refractivity contribution in [3.63, 3.8) is 0 Å². The Balaban J connectivity index is 1.74. The maximum Gasteiger partial charge on any atom is 0.271 e. The second-order valence-corrected chi connectivity index (χ2v) is 9.08. The van der Waals surface area contributed by atoms with Crippen LogP contribution in [0, 0.1) is 5.92 Å². The van der Waals surface area contributed by atoms with E-state index < -0.39 is 15.9 Å². The quantitative estimate of drug-likeness (QED) is 0.702. The zero-order valence-electron chi connectivity index (χ0n) is 15.5. The summed E-state index contributed by atoms with van der Waals surface area (Å²) in [6, 6.07) is 12.2. The van der Waals surface area contributed by atoms with Gasteiger partial charge in [0.2, 0.25) is 0 Å². The number of hydrogen-bond donors (Lipinski definition) is 2. The Labute approximate surface area is 170 Å². The number of sulfonamides is 1. The van der Waals surface area contributed by atoms with Crippen LogP contribution >= 0.6 is 11.6 Å². The van der Waals surface area contributed by atoms with Crippen LogP contribution in [-0.2, 0) is 10.0 Å². The summed E-state index contributed by atoms with van der Waals surface area (Å²) in [5.41, 5.74) is 4.08. The fourth-order valence-electron chi connectivity index (χ4n) is 3.13. The highest BCUT2D eigenvalue weighted by atomic mass is 35.5. The lowest BCUT2D eigenvalue weighted by Crippen LogP contribution is -2.22. The zero-order valence-corrected chi connectivity index (χ0v) is 17.1. The number of carbonyl (C=O) groups is 1. The van der Waals surface area contributed by atoms with Gasteiger partial charge >= 0.3 is 0 Å². The molecule has 1 atom stereocenters. The van der Waals surface area contributed by atoms with Crippen molar-refractivity contribution in [3.8, 4) is 0 Å². The molecule has 0 unspecified atom stereocenters. The second-order valence-electron chi connectivity index (χ2n) is 6.96. The van der Waals surface area contributed by atoms with Crippen molar-refractivity contribution in [2.24, 2.45) is 11.0 Å². The van der Waals surface area contributed by atoms with Crippen LogP contribution in [0.4, 0.5) is 5.69 Å². The van der Waals surface area contributed by atoms with E-state index in [4.69, 9.17) is 11.6 Å². The van der Waals surface area contributed by atoms with Crippen molar-refractivity contribution < 1.29 is 13.2 Å². The van der Waals surface area contributed by atoms with E-state index in [0.717, 1.165) is 25.0 Å². The number of hydrogen-bond acceptors (Lipinski definition) is 4. The molecule has 1 amide bonds. The second kappa shape index (κ2) is 8.75. The summed E-state index contributed by atoms with van der Waals surface area (Å²) in [6.07, 6.45) is 3.99. The third kappa shape index (κ3) is 5.33. The SMILES string of the molecule is C[C@H]1CCC/C(=N/NC(=O)c2cccc(S(=O)(=O)Nc3cccc(Cl)c3)c2)C1. The van der Waals surface area contributed by atoms with E-state index in [1.54, 1.807) is 24.3 Å². The molecule has 2 N–H and O–H groups in total. The van der Waals surface area contributed by atoms with Crippen molar-refractivity contribution >= 4 is 38.9 Å². The van der Waals surface area contributed by atoms with Gasteiger partial charge in [0, 0.05) is 16.3 Å². The number of carbonyl (C=O) groups excluding carboxylic acids is 1. The van der Waals surface area contributed by atoms with Crippen LogP contribution in [0.5, 0.6) is 0 Å². The highest BCUT2D eigenvalue weighted by Crippen LogP contribution is 2.22. The number of hydrazone groups is 1. The molecular weight excluding hydrogens is 398 g/mol. The molecule has 3 rings (SSSR count). The van der Waals surface area contributed by atoms with Gasteiger partial charge in [0.1, 0.15) is 0 Å². The van der Waals surface area contributed by atoms with E-state index in [0.29, 0.717) is 16.6 Å². The number of rotatable bonds is 5. The molecule has 1 fully saturated rings. The number of benzene rings is 2. The fourth-order valence-corrected chi connectivity index (χ4v) is 4.41. The molecule has 2 aromatic carbocycles. The third-order valence-corrected chi connectivity index (χ3v) is 6.16. The smallest absolute Gasteiger partial charge is 0.271 e. The van der Waals surface area contributed by atoms with Gasteiger partial charge in [-0.3, -0.25) is 9.52 Å². The van der Waals surface area contributed by atoms with Gasteiger partial charge in [-0.25, -0.2) is 13.8 Å². The van der Waals surface area contributed by atoms with Crippen LogP contribution in [0.2, 0.25) is 5.02 Å². The molecule has 8 heteroatoms. The molecule has 28 heavy (non-hydrogen) atoms. The predicted molar refractivity (Wildman–Crippen MR) is 111 cm³/mol. The monoisotopic (exact) mass is 419 g/mol. The minimum atomic E-state index is -3.85. The molecule has 148 valence electrons. The van der Waals surface area contributed by atoms with Crippen molar-refractivity contribution in [1.82, 2.24) is 5.43 Å². The average Bonchev–Trinajstić information content (AvgIpc) is 2.66. The molecule has 0 aromatic heterocycles. The molecule has 1 aliphatic rings. The van der Waals surface area contributed by atoms with E-state index in [9.17, 15) is 13.2 Å². The topological polar surface area (TPSA) is 87.6 Å². The molecule has 2 aromatic rings. The lowest BCUT2D eigenvalue weighted by atomic mass is 9.89. The summed E-state index contributed by atoms with van der Waals surface area (Å²) in [5, 5.41) is 4.64. The van der Waals surface area contributed by atoms with Gasteiger partial charge in [-0.15, -0.1) is 0 Å². The normalized spacial score (nSPS) is 18.6. The van der Waals surface area contributed by atoms with Crippen molar-refractivity contribution in [3.05, 3.63) is 59.1 Å². The molecule has 0 aliphatic heterocycles. The molecular formula is C20H22ClN3O3S. The van der Waals surface area contributed by atoms with Crippen molar-refractivity contribution in [2.45, 2.75) is 37.5 Å². The van der Waals surface area contributed by atoms with Crippen LogP contribution in [0.1, 0.15) is 43.0 Å². The van der Waals surface area contributed by atoms with Gasteiger partial charge in [0.15, 0.2) is 0 Å². The van der Waals surface area contributed by atoms with Crippen LogP contribution in [0.15, 0.2) is 58.5 Å². The van der Waals surface area contributed by atoms with E-state index in [2.05, 4.69) is 22.2 Å². The first-order chi connectivity index (χ1) is 13.3. The standard InChI is InChI=1S/C20H22ClN3O3S/c1-14-5-2-8-17(11-14)22-23-20(25)15-6-3-10-19(12-15)28(26,27)24-18-9-4-7-16(21)13-18/h3-4,6-7,9-10,12-14,24H,2,5,8,11H2,1H3,(H,23,25)/b22-17-/t14-/m0/s1. The first-order valence-electron chi connectivity index (χ1n) is 9.08. The Morgan fingerprint density at radius 1 is 1.18 bits per heavy atom. The van der Waals surface area contributed by atoms with Gasteiger partial charge in [0.25, 0.3) is 15.9 Å².